The molecule has 0 saturated heterocycles. The number of carbonyl (C=O) groups excluding carboxylic acids is 1. The highest BCUT2D eigenvalue weighted by Gasteiger charge is 2.24. The summed E-state index contributed by atoms with van der Waals surface area (Å²) in [5.74, 6) is 0.0822. The summed E-state index contributed by atoms with van der Waals surface area (Å²) >= 11 is 3.06. The van der Waals surface area contributed by atoms with Crippen molar-refractivity contribution in [3.8, 4) is 0 Å². The largest absolute Gasteiger partial charge is 0.293 e. The van der Waals surface area contributed by atoms with Crippen LogP contribution in [0, 0.1) is 0 Å². The number of rotatable bonds is 5. The van der Waals surface area contributed by atoms with Crippen LogP contribution in [-0.2, 0) is 0 Å². The van der Waals surface area contributed by atoms with Crippen LogP contribution in [0.3, 0.4) is 0 Å². The van der Waals surface area contributed by atoms with E-state index in [2.05, 4.69) is 9.97 Å². The maximum Gasteiger partial charge on any atom is 0.180 e. The van der Waals surface area contributed by atoms with E-state index in [1.807, 2.05) is 72.1 Å². The van der Waals surface area contributed by atoms with E-state index in [-0.39, 0.29) is 11.0 Å². The molecule has 1 unspecified atom stereocenters. The Morgan fingerprint density at radius 1 is 0.920 bits per heavy atom. The lowest BCUT2D eigenvalue weighted by molar-refractivity contribution is 0.0989. The molecule has 0 saturated carbocycles. The van der Waals surface area contributed by atoms with Crippen molar-refractivity contribution in [2.24, 2.45) is 0 Å². The van der Waals surface area contributed by atoms with Crippen LogP contribution in [0.15, 0.2) is 83.5 Å². The number of thioether (sulfide) groups is 1. The van der Waals surface area contributed by atoms with Gasteiger partial charge in [-0.05, 0) is 17.0 Å². The molecule has 122 valence electrons. The molecule has 4 aromatic rings. The zero-order chi connectivity index (χ0) is 17.1. The van der Waals surface area contributed by atoms with Crippen molar-refractivity contribution in [3.63, 3.8) is 0 Å². The molecule has 4 rings (SSSR count). The minimum Gasteiger partial charge on any atom is -0.293 e. The van der Waals surface area contributed by atoms with E-state index in [1.165, 1.54) is 11.8 Å². The summed E-state index contributed by atoms with van der Waals surface area (Å²) in [6, 6.07) is 21.3. The maximum absolute atomic E-state index is 13.2. The molecule has 2 aromatic carbocycles. The lowest BCUT2D eigenvalue weighted by atomic mass is 10.0. The van der Waals surface area contributed by atoms with E-state index in [0.717, 1.165) is 20.8 Å². The number of carbonyl (C=O) groups is 1. The topological polar surface area (TPSA) is 42.9 Å². The van der Waals surface area contributed by atoms with Gasteiger partial charge >= 0.3 is 0 Å². The van der Waals surface area contributed by atoms with Gasteiger partial charge in [-0.3, -0.25) is 4.79 Å². The first kappa shape index (κ1) is 16.0. The van der Waals surface area contributed by atoms with Gasteiger partial charge in [0.1, 0.15) is 16.2 Å². The van der Waals surface area contributed by atoms with Crippen LogP contribution in [0.5, 0.6) is 0 Å². The Bertz CT molecular complexity index is 1000. The molecule has 1 atom stereocenters. The molecule has 0 N–H and O–H groups in total. The Morgan fingerprint density at radius 2 is 1.64 bits per heavy atom. The van der Waals surface area contributed by atoms with Crippen LogP contribution in [0.25, 0.3) is 10.2 Å². The molecule has 0 aliphatic heterocycles. The van der Waals surface area contributed by atoms with E-state index in [1.54, 1.807) is 17.7 Å². The fraction of sp³-hybridized carbons (Fsp3) is 0.0500. The number of aromatic nitrogens is 2. The molecular weight excluding hydrogens is 348 g/mol. The minimum atomic E-state index is -0.346. The van der Waals surface area contributed by atoms with Crippen molar-refractivity contribution in [1.29, 1.82) is 0 Å². The SMILES string of the molecule is O=C(c1ccccc1)C(Sc1ncnc2sccc12)c1ccccc1. The number of fused-ring (bicyclic) bond motifs is 1. The predicted octanol–water partition coefficient (Wildman–Crippen LogP) is 5.41. The van der Waals surface area contributed by atoms with Gasteiger partial charge in [0.2, 0.25) is 0 Å². The summed E-state index contributed by atoms with van der Waals surface area (Å²) < 4.78 is 0. The molecule has 0 aliphatic rings. The fourth-order valence-electron chi connectivity index (χ4n) is 2.63. The van der Waals surface area contributed by atoms with Crippen molar-refractivity contribution >= 4 is 39.1 Å². The molecule has 0 aliphatic carbocycles. The molecular formula is C20H14N2OS2. The molecule has 0 fully saturated rings. The van der Waals surface area contributed by atoms with Crippen LogP contribution < -0.4 is 0 Å². The molecule has 0 spiro atoms. The van der Waals surface area contributed by atoms with Crippen LogP contribution in [0.2, 0.25) is 0 Å². The summed E-state index contributed by atoms with van der Waals surface area (Å²) in [5.41, 5.74) is 1.68. The maximum atomic E-state index is 13.2. The molecule has 0 radical (unpaired) electrons. The third kappa shape index (κ3) is 3.34. The van der Waals surface area contributed by atoms with E-state index >= 15 is 0 Å². The Kier molecular flexibility index (Phi) is 4.59. The summed E-state index contributed by atoms with van der Waals surface area (Å²) in [6.07, 6.45) is 1.57. The van der Waals surface area contributed by atoms with E-state index in [9.17, 15) is 4.79 Å². The first-order valence-electron chi connectivity index (χ1n) is 7.82. The summed E-state index contributed by atoms with van der Waals surface area (Å²) in [6.45, 7) is 0. The minimum absolute atomic E-state index is 0.0822. The van der Waals surface area contributed by atoms with Crippen molar-refractivity contribution in [1.82, 2.24) is 9.97 Å². The number of ketones is 1. The number of hydrogen-bond acceptors (Lipinski definition) is 5. The molecule has 5 heteroatoms. The second kappa shape index (κ2) is 7.17. The van der Waals surface area contributed by atoms with Gasteiger partial charge in [-0.15, -0.1) is 11.3 Å². The van der Waals surface area contributed by atoms with E-state index in [4.69, 9.17) is 0 Å². The average Bonchev–Trinajstić information content (AvgIpc) is 3.16. The lowest BCUT2D eigenvalue weighted by Crippen LogP contribution is -2.10. The number of thiophene rings is 1. The Morgan fingerprint density at radius 3 is 2.40 bits per heavy atom. The standard InChI is InChI=1S/C20H14N2OS2/c23-17(14-7-3-1-4-8-14)18(15-9-5-2-6-10-15)25-20-16-11-12-24-19(16)21-13-22-20/h1-13,18H. The molecule has 3 nitrogen and oxygen atoms in total. The van der Waals surface area contributed by atoms with Gasteiger partial charge in [0.25, 0.3) is 0 Å². The highest BCUT2D eigenvalue weighted by Crippen LogP contribution is 2.40. The van der Waals surface area contributed by atoms with Crippen LogP contribution in [0.4, 0.5) is 0 Å². The fourth-order valence-corrected chi connectivity index (χ4v) is 4.58. The van der Waals surface area contributed by atoms with Crippen molar-refractivity contribution in [2.75, 3.05) is 0 Å². The quantitative estimate of drug-likeness (QED) is 0.270. The zero-order valence-electron chi connectivity index (χ0n) is 13.2. The summed E-state index contributed by atoms with van der Waals surface area (Å²) in [4.78, 5) is 22.8. The van der Waals surface area contributed by atoms with Crippen molar-refractivity contribution in [3.05, 3.63) is 89.6 Å². The van der Waals surface area contributed by atoms with Gasteiger partial charge in [0.05, 0.1) is 5.25 Å². The van der Waals surface area contributed by atoms with Gasteiger partial charge in [-0.1, -0.05) is 72.4 Å². The van der Waals surface area contributed by atoms with Crippen molar-refractivity contribution < 1.29 is 4.79 Å². The van der Waals surface area contributed by atoms with Gasteiger partial charge in [-0.25, -0.2) is 9.97 Å². The highest BCUT2D eigenvalue weighted by molar-refractivity contribution is 8.00. The van der Waals surface area contributed by atoms with Gasteiger partial charge in [0.15, 0.2) is 5.78 Å². The van der Waals surface area contributed by atoms with Crippen molar-refractivity contribution in [2.45, 2.75) is 10.3 Å². The molecule has 0 amide bonds. The number of hydrogen-bond donors (Lipinski definition) is 0. The Labute approximate surface area is 153 Å². The first-order chi connectivity index (χ1) is 12.3. The third-order valence-electron chi connectivity index (χ3n) is 3.85. The number of nitrogens with zero attached hydrogens (tertiary/aromatic N) is 2. The first-order valence-corrected chi connectivity index (χ1v) is 9.58. The van der Waals surface area contributed by atoms with Crippen LogP contribution in [-0.4, -0.2) is 15.8 Å². The number of benzene rings is 2. The smallest absolute Gasteiger partial charge is 0.180 e. The zero-order valence-corrected chi connectivity index (χ0v) is 14.8. The summed E-state index contributed by atoms with van der Waals surface area (Å²) in [5, 5.41) is 3.49. The Balaban J connectivity index is 1.76. The molecule has 2 heterocycles. The summed E-state index contributed by atoms with van der Waals surface area (Å²) in [7, 11) is 0. The van der Waals surface area contributed by atoms with Gasteiger partial charge in [-0.2, -0.15) is 0 Å². The van der Waals surface area contributed by atoms with Gasteiger partial charge in [0, 0.05) is 10.9 Å². The normalized spacial score (nSPS) is 12.2. The number of Topliss-reactive ketones (excluding diaryl/α,β-unsaturated/α-hetero) is 1. The van der Waals surface area contributed by atoms with Crippen LogP contribution in [0.1, 0.15) is 21.2 Å². The predicted molar refractivity (Wildman–Crippen MR) is 103 cm³/mol. The molecule has 0 bridgehead atoms. The lowest BCUT2D eigenvalue weighted by Gasteiger charge is -2.16. The van der Waals surface area contributed by atoms with E-state index in [0.29, 0.717) is 5.56 Å². The van der Waals surface area contributed by atoms with E-state index < -0.39 is 0 Å². The van der Waals surface area contributed by atoms with Gasteiger partial charge < -0.3 is 0 Å². The van der Waals surface area contributed by atoms with Crippen LogP contribution >= 0.6 is 23.1 Å². The average molecular weight is 362 g/mol. The monoisotopic (exact) mass is 362 g/mol. The third-order valence-corrected chi connectivity index (χ3v) is 5.94. The highest BCUT2D eigenvalue weighted by atomic mass is 32.2. The Hall–Kier alpha value is -2.50. The second-order valence-electron chi connectivity index (χ2n) is 5.46. The molecule has 25 heavy (non-hydrogen) atoms. The molecule has 2 aromatic heterocycles. The second-order valence-corrected chi connectivity index (χ2v) is 7.45.